The van der Waals surface area contributed by atoms with Gasteiger partial charge in [-0.3, -0.25) is 9.55 Å². The number of aromatic nitrogens is 3. The molecule has 0 spiro atoms. The molecule has 3 aromatic rings. The molecule has 4 rings (SSSR count). The standard InChI is InChI=1S/C21H25N5S2/c1-4-5-11-25-19(18(24-20(25)27)17-8-6-7-9-22-17)16-13-14(2)26(15(16)3)21-23-10-12-28-21/h6-10,12-13,18-19H,4-5,11H2,1-3H3,(H,24,27)/t18-,19-/m0/s1. The van der Waals surface area contributed by atoms with Crippen molar-refractivity contribution in [3.8, 4) is 5.13 Å². The number of nitrogens with one attached hydrogen (secondary N) is 1. The molecule has 4 heterocycles. The Morgan fingerprint density at radius 2 is 2.07 bits per heavy atom. The summed E-state index contributed by atoms with van der Waals surface area (Å²) in [5.41, 5.74) is 4.71. The summed E-state index contributed by atoms with van der Waals surface area (Å²) < 4.78 is 2.24. The fourth-order valence-electron chi connectivity index (χ4n) is 4.02. The average molecular weight is 412 g/mol. The van der Waals surface area contributed by atoms with Gasteiger partial charge in [-0.1, -0.05) is 19.4 Å². The van der Waals surface area contributed by atoms with Gasteiger partial charge in [-0.2, -0.15) is 0 Å². The van der Waals surface area contributed by atoms with Crippen molar-refractivity contribution in [2.75, 3.05) is 6.54 Å². The fraction of sp³-hybridized carbons (Fsp3) is 0.381. The molecule has 146 valence electrons. The summed E-state index contributed by atoms with van der Waals surface area (Å²) in [5, 5.41) is 7.38. The van der Waals surface area contributed by atoms with Crippen molar-refractivity contribution >= 4 is 28.7 Å². The van der Waals surface area contributed by atoms with Crippen LogP contribution in [-0.2, 0) is 0 Å². The molecule has 0 amide bonds. The van der Waals surface area contributed by atoms with Crippen LogP contribution in [0.1, 0.15) is 54.5 Å². The van der Waals surface area contributed by atoms with Crippen molar-refractivity contribution in [1.82, 2.24) is 24.8 Å². The molecule has 0 saturated carbocycles. The van der Waals surface area contributed by atoms with Crippen LogP contribution in [0.3, 0.4) is 0 Å². The van der Waals surface area contributed by atoms with Gasteiger partial charge in [0.25, 0.3) is 0 Å². The maximum absolute atomic E-state index is 5.74. The van der Waals surface area contributed by atoms with Crippen molar-refractivity contribution < 1.29 is 0 Å². The molecular weight excluding hydrogens is 386 g/mol. The number of nitrogens with zero attached hydrogens (tertiary/aromatic N) is 4. The van der Waals surface area contributed by atoms with E-state index in [1.807, 2.05) is 29.9 Å². The first kappa shape index (κ1) is 19.1. The first-order valence-electron chi connectivity index (χ1n) is 9.68. The molecule has 0 unspecified atom stereocenters. The van der Waals surface area contributed by atoms with Crippen molar-refractivity contribution in [1.29, 1.82) is 0 Å². The zero-order valence-corrected chi connectivity index (χ0v) is 18.1. The number of rotatable bonds is 6. The van der Waals surface area contributed by atoms with Crippen molar-refractivity contribution in [3.63, 3.8) is 0 Å². The van der Waals surface area contributed by atoms with Gasteiger partial charge in [0, 0.05) is 35.7 Å². The van der Waals surface area contributed by atoms with Crippen molar-refractivity contribution in [2.24, 2.45) is 0 Å². The zero-order chi connectivity index (χ0) is 19.7. The molecule has 1 N–H and O–H groups in total. The van der Waals surface area contributed by atoms with Crippen molar-refractivity contribution in [2.45, 2.75) is 45.7 Å². The summed E-state index contributed by atoms with van der Waals surface area (Å²) in [7, 11) is 0. The van der Waals surface area contributed by atoms with E-state index in [4.69, 9.17) is 12.2 Å². The van der Waals surface area contributed by atoms with Gasteiger partial charge in [0.1, 0.15) is 0 Å². The fourth-order valence-corrected chi connectivity index (χ4v) is 5.10. The van der Waals surface area contributed by atoms with Crippen molar-refractivity contribution in [3.05, 3.63) is 64.7 Å². The SMILES string of the molecule is CCCCN1C(=S)N[C@@H](c2ccccn2)[C@@H]1c1cc(C)n(-c2nccs2)c1C. The van der Waals surface area contributed by atoms with E-state index in [0.717, 1.165) is 35.3 Å². The summed E-state index contributed by atoms with van der Waals surface area (Å²) in [4.78, 5) is 11.5. The van der Waals surface area contributed by atoms with E-state index in [9.17, 15) is 0 Å². The van der Waals surface area contributed by atoms with Crippen LogP contribution < -0.4 is 5.32 Å². The molecule has 28 heavy (non-hydrogen) atoms. The van der Waals surface area contributed by atoms with E-state index in [-0.39, 0.29) is 12.1 Å². The maximum atomic E-state index is 5.74. The van der Waals surface area contributed by atoms with Gasteiger partial charge in [0.05, 0.1) is 17.8 Å². The lowest BCUT2D eigenvalue weighted by atomic mass is 9.96. The second kappa shape index (κ2) is 8.01. The highest BCUT2D eigenvalue weighted by Gasteiger charge is 2.41. The summed E-state index contributed by atoms with van der Waals surface area (Å²) in [6.07, 6.45) is 5.95. The molecule has 1 aliphatic heterocycles. The number of thiazole rings is 1. The Morgan fingerprint density at radius 3 is 2.75 bits per heavy atom. The zero-order valence-electron chi connectivity index (χ0n) is 16.4. The molecule has 0 aromatic carbocycles. The molecule has 5 nitrogen and oxygen atoms in total. The van der Waals surface area contributed by atoms with Crippen LogP contribution in [0.4, 0.5) is 0 Å². The maximum Gasteiger partial charge on any atom is 0.193 e. The summed E-state index contributed by atoms with van der Waals surface area (Å²) in [6.45, 7) is 7.48. The van der Waals surface area contributed by atoms with Gasteiger partial charge in [-0.05, 0) is 56.2 Å². The normalized spacial score (nSPS) is 19.2. The average Bonchev–Trinajstić information content (AvgIpc) is 3.39. The summed E-state index contributed by atoms with van der Waals surface area (Å²) in [5.74, 6) is 0. The van der Waals surface area contributed by atoms with Gasteiger partial charge < -0.3 is 10.2 Å². The Hall–Kier alpha value is -2.25. The lowest BCUT2D eigenvalue weighted by molar-refractivity contribution is 0.312. The Balaban J connectivity index is 1.81. The minimum Gasteiger partial charge on any atom is -0.352 e. The molecule has 0 aliphatic carbocycles. The van der Waals surface area contributed by atoms with Gasteiger partial charge in [0.2, 0.25) is 0 Å². The third kappa shape index (κ3) is 3.33. The van der Waals surface area contributed by atoms with Gasteiger partial charge in [0.15, 0.2) is 10.2 Å². The van der Waals surface area contributed by atoms with Crippen LogP contribution in [-0.4, -0.2) is 31.1 Å². The van der Waals surface area contributed by atoms with Gasteiger partial charge in [-0.25, -0.2) is 4.98 Å². The molecule has 0 radical (unpaired) electrons. The number of hydrogen-bond donors (Lipinski definition) is 1. The highest BCUT2D eigenvalue weighted by molar-refractivity contribution is 7.80. The molecular formula is C21H25N5S2. The van der Waals surface area contributed by atoms with Crippen LogP contribution in [0.15, 0.2) is 42.0 Å². The van der Waals surface area contributed by atoms with Crippen LogP contribution in [0.2, 0.25) is 0 Å². The number of aryl methyl sites for hydroxylation is 1. The lowest BCUT2D eigenvalue weighted by Crippen LogP contribution is -2.30. The quantitative estimate of drug-likeness (QED) is 0.595. The van der Waals surface area contributed by atoms with E-state index in [0.29, 0.717) is 0 Å². The summed E-state index contributed by atoms with van der Waals surface area (Å²) in [6, 6.07) is 8.51. The smallest absolute Gasteiger partial charge is 0.193 e. The molecule has 2 atom stereocenters. The molecule has 3 aromatic heterocycles. The van der Waals surface area contributed by atoms with E-state index < -0.39 is 0 Å². The molecule has 1 saturated heterocycles. The van der Waals surface area contributed by atoms with E-state index >= 15 is 0 Å². The minimum absolute atomic E-state index is 0.0378. The number of pyridine rings is 1. The Kier molecular flexibility index (Phi) is 5.46. The monoisotopic (exact) mass is 411 g/mol. The molecule has 7 heteroatoms. The predicted octanol–water partition coefficient (Wildman–Crippen LogP) is 4.72. The third-order valence-electron chi connectivity index (χ3n) is 5.35. The highest BCUT2D eigenvalue weighted by Crippen LogP contribution is 2.41. The van der Waals surface area contributed by atoms with Crippen LogP contribution in [0, 0.1) is 13.8 Å². The van der Waals surface area contributed by atoms with Gasteiger partial charge >= 0.3 is 0 Å². The molecule has 0 bridgehead atoms. The summed E-state index contributed by atoms with van der Waals surface area (Å²) >= 11 is 7.40. The Bertz CT molecular complexity index is 949. The molecule has 1 fully saturated rings. The first-order valence-corrected chi connectivity index (χ1v) is 11.0. The minimum atomic E-state index is 0.0378. The second-order valence-electron chi connectivity index (χ2n) is 7.15. The number of unbranched alkanes of at least 4 members (excludes halogenated alkanes) is 1. The van der Waals surface area contributed by atoms with E-state index in [1.54, 1.807) is 11.3 Å². The first-order chi connectivity index (χ1) is 13.6. The van der Waals surface area contributed by atoms with Gasteiger partial charge in [-0.15, -0.1) is 11.3 Å². The van der Waals surface area contributed by atoms with E-state index in [1.165, 1.54) is 17.0 Å². The lowest BCUT2D eigenvalue weighted by Gasteiger charge is -2.28. The topological polar surface area (TPSA) is 46.0 Å². The third-order valence-corrected chi connectivity index (χ3v) is 6.46. The Morgan fingerprint density at radius 1 is 1.21 bits per heavy atom. The second-order valence-corrected chi connectivity index (χ2v) is 8.41. The van der Waals surface area contributed by atoms with Crippen LogP contribution in [0.25, 0.3) is 5.13 Å². The number of hydrogen-bond acceptors (Lipinski definition) is 4. The predicted molar refractivity (Wildman–Crippen MR) is 118 cm³/mol. The van der Waals surface area contributed by atoms with Crippen LogP contribution >= 0.6 is 23.6 Å². The number of thiocarbonyl (C=S) groups is 1. The van der Waals surface area contributed by atoms with E-state index in [2.05, 4.69) is 57.7 Å². The highest BCUT2D eigenvalue weighted by atomic mass is 32.1. The largest absolute Gasteiger partial charge is 0.352 e. The van der Waals surface area contributed by atoms with Crippen LogP contribution in [0.5, 0.6) is 0 Å². The Labute approximate surface area is 175 Å². The molecule has 1 aliphatic rings.